The van der Waals surface area contributed by atoms with E-state index in [1.54, 1.807) is 0 Å². The van der Waals surface area contributed by atoms with E-state index in [-0.39, 0.29) is 0 Å². The lowest BCUT2D eigenvalue weighted by Gasteiger charge is -2.15. The molecule has 21 heavy (non-hydrogen) atoms. The van der Waals surface area contributed by atoms with Crippen LogP contribution in [0.1, 0.15) is 11.3 Å². The minimum atomic E-state index is 0.809. The zero-order valence-corrected chi connectivity index (χ0v) is 12.5. The summed E-state index contributed by atoms with van der Waals surface area (Å²) < 4.78 is 1.94. The Morgan fingerprint density at radius 2 is 1.90 bits per heavy atom. The molecule has 0 saturated carbocycles. The monoisotopic (exact) mass is 280 g/mol. The molecule has 2 N–H and O–H groups in total. The summed E-state index contributed by atoms with van der Waals surface area (Å²) in [5, 5.41) is 5.86. The van der Waals surface area contributed by atoms with Gasteiger partial charge in [0.1, 0.15) is 0 Å². The van der Waals surface area contributed by atoms with Crippen LogP contribution in [-0.4, -0.2) is 21.7 Å². The minimum absolute atomic E-state index is 0.809. The Morgan fingerprint density at radius 3 is 2.71 bits per heavy atom. The van der Waals surface area contributed by atoms with E-state index < -0.39 is 0 Å². The molecule has 0 spiro atoms. The van der Waals surface area contributed by atoms with Crippen molar-refractivity contribution in [3.63, 3.8) is 0 Å². The van der Waals surface area contributed by atoms with Gasteiger partial charge in [-0.1, -0.05) is 30.3 Å². The van der Waals surface area contributed by atoms with E-state index >= 15 is 0 Å². The number of hydrogen-bond donors (Lipinski definition) is 1. The number of aryl methyl sites for hydroxylation is 1. The lowest BCUT2D eigenvalue weighted by molar-refractivity contribution is 0.315. The van der Waals surface area contributed by atoms with E-state index in [9.17, 15) is 0 Å². The lowest BCUT2D eigenvalue weighted by atomic mass is 10.1. The van der Waals surface area contributed by atoms with Crippen LogP contribution in [0, 0.1) is 0 Å². The molecule has 4 nitrogen and oxygen atoms in total. The first kappa shape index (κ1) is 13.6. The van der Waals surface area contributed by atoms with Gasteiger partial charge in [0.15, 0.2) is 0 Å². The molecular formula is C17H20N4. The number of hydrogen-bond acceptors (Lipinski definition) is 3. The van der Waals surface area contributed by atoms with Gasteiger partial charge in [0.05, 0.1) is 11.2 Å². The summed E-state index contributed by atoms with van der Waals surface area (Å²) in [4.78, 5) is 2.25. The normalized spacial score (nSPS) is 11.4. The molecule has 0 radical (unpaired) electrons. The summed E-state index contributed by atoms with van der Waals surface area (Å²) in [5.41, 5.74) is 10.1. The second-order valence-corrected chi connectivity index (χ2v) is 5.50. The maximum atomic E-state index is 5.83. The van der Waals surface area contributed by atoms with Gasteiger partial charge in [-0.15, -0.1) is 0 Å². The average molecular weight is 280 g/mol. The Balaban J connectivity index is 1.79. The van der Waals surface area contributed by atoms with Crippen molar-refractivity contribution in [3.8, 4) is 0 Å². The topological polar surface area (TPSA) is 47.1 Å². The van der Waals surface area contributed by atoms with Crippen LogP contribution in [-0.2, 0) is 20.1 Å². The highest BCUT2D eigenvalue weighted by Crippen LogP contribution is 2.19. The van der Waals surface area contributed by atoms with Gasteiger partial charge in [0.2, 0.25) is 0 Å². The second-order valence-electron chi connectivity index (χ2n) is 5.50. The van der Waals surface area contributed by atoms with E-state index in [1.807, 2.05) is 36.0 Å². The van der Waals surface area contributed by atoms with E-state index in [0.717, 1.165) is 24.5 Å². The Labute approximate surface area is 124 Å². The highest BCUT2D eigenvalue weighted by molar-refractivity contribution is 5.81. The quantitative estimate of drug-likeness (QED) is 0.748. The van der Waals surface area contributed by atoms with E-state index in [1.165, 1.54) is 16.5 Å². The maximum absolute atomic E-state index is 5.83. The van der Waals surface area contributed by atoms with Crippen LogP contribution in [0.15, 0.2) is 48.5 Å². The van der Waals surface area contributed by atoms with Crippen LogP contribution >= 0.6 is 0 Å². The number of fused-ring (bicyclic) bond motifs is 1. The first-order valence-electron chi connectivity index (χ1n) is 7.07. The molecule has 0 saturated heterocycles. The summed E-state index contributed by atoms with van der Waals surface area (Å²) in [5.74, 6) is 0. The molecule has 0 aliphatic heterocycles. The van der Waals surface area contributed by atoms with Crippen LogP contribution in [0.4, 0.5) is 5.69 Å². The molecule has 1 aromatic heterocycles. The number of nitrogen functional groups attached to an aromatic ring is 1. The Bertz CT molecular complexity index is 760. The Morgan fingerprint density at radius 1 is 1.10 bits per heavy atom. The maximum Gasteiger partial charge on any atom is 0.0843 e. The highest BCUT2D eigenvalue weighted by atomic mass is 15.3. The smallest absolute Gasteiger partial charge is 0.0843 e. The lowest BCUT2D eigenvalue weighted by Crippen LogP contribution is -2.18. The first-order valence-corrected chi connectivity index (χ1v) is 7.07. The third-order valence-corrected chi connectivity index (χ3v) is 3.66. The van der Waals surface area contributed by atoms with Gasteiger partial charge in [-0.25, -0.2) is 0 Å². The van der Waals surface area contributed by atoms with E-state index in [4.69, 9.17) is 5.73 Å². The molecule has 108 valence electrons. The van der Waals surface area contributed by atoms with Crippen LogP contribution in [0.2, 0.25) is 0 Å². The van der Waals surface area contributed by atoms with Crippen molar-refractivity contribution in [2.75, 3.05) is 12.8 Å². The van der Waals surface area contributed by atoms with Crippen molar-refractivity contribution in [1.29, 1.82) is 0 Å². The number of anilines is 1. The van der Waals surface area contributed by atoms with Crippen molar-refractivity contribution in [1.82, 2.24) is 14.7 Å². The molecule has 0 bridgehead atoms. The molecule has 0 atom stereocenters. The summed E-state index contributed by atoms with van der Waals surface area (Å²) in [6.07, 6.45) is 0. The molecule has 2 aromatic carbocycles. The third-order valence-electron chi connectivity index (χ3n) is 3.66. The average Bonchev–Trinajstić information content (AvgIpc) is 2.76. The molecule has 0 aliphatic rings. The zero-order valence-electron chi connectivity index (χ0n) is 12.5. The second kappa shape index (κ2) is 5.58. The van der Waals surface area contributed by atoms with Gasteiger partial charge in [-0.2, -0.15) is 5.10 Å². The van der Waals surface area contributed by atoms with Crippen molar-refractivity contribution in [2.24, 2.45) is 7.05 Å². The van der Waals surface area contributed by atoms with E-state index in [2.05, 4.69) is 41.3 Å². The molecule has 0 fully saturated rings. The van der Waals surface area contributed by atoms with Crippen molar-refractivity contribution in [3.05, 3.63) is 59.8 Å². The van der Waals surface area contributed by atoms with Crippen LogP contribution in [0.25, 0.3) is 10.9 Å². The number of rotatable bonds is 4. The summed E-state index contributed by atoms with van der Waals surface area (Å²) >= 11 is 0. The molecule has 0 amide bonds. The van der Waals surface area contributed by atoms with Crippen molar-refractivity contribution >= 4 is 16.6 Å². The summed E-state index contributed by atoms with van der Waals surface area (Å²) in [6.45, 7) is 1.67. The SMILES string of the molecule is CN(Cc1cccc(N)c1)Cc1nn(C)c2ccccc12. The molecule has 4 heteroatoms. The van der Waals surface area contributed by atoms with Gasteiger partial charge in [-0.3, -0.25) is 9.58 Å². The highest BCUT2D eigenvalue weighted by Gasteiger charge is 2.10. The van der Waals surface area contributed by atoms with Gasteiger partial charge in [0, 0.05) is 31.2 Å². The molecule has 0 unspecified atom stereocenters. The number of benzene rings is 2. The zero-order chi connectivity index (χ0) is 14.8. The van der Waals surface area contributed by atoms with E-state index in [0.29, 0.717) is 0 Å². The number of nitrogens with zero attached hydrogens (tertiary/aromatic N) is 3. The van der Waals surface area contributed by atoms with Crippen LogP contribution in [0.5, 0.6) is 0 Å². The van der Waals surface area contributed by atoms with Gasteiger partial charge in [0.25, 0.3) is 0 Å². The predicted octanol–water partition coefficient (Wildman–Crippen LogP) is 2.79. The molecule has 1 heterocycles. The van der Waals surface area contributed by atoms with Gasteiger partial charge >= 0.3 is 0 Å². The minimum Gasteiger partial charge on any atom is -0.399 e. The standard InChI is InChI=1S/C17H20N4/c1-20(11-13-6-5-7-14(18)10-13)12-16-15-8-3-4-9-17(15)21(2)19-16/h3-10H,11-12,18H2,1-2H3. The predicted molar refractivity (Wildman–Crippen MR) is 86.7 cm³/mol. The van der Waals surface area contributed by atoms with Crippen molar-refractivity contribution < 1.29 is 0 Å². The number of para-hydroxylation sites is 1. The van der Waals surface area contributed by atoms with Crippen molar-refractivity contribution in [2.45, 2.75) is 13.1 Å². The fraction of sp³-hybridized carbons (Fsp3) is 0.235. The molecule has 3 rings (SSSR count). The Hall–Kier alpha value is -2.33. The molecule has 0 aliphatic carbocycles. The molecular weight excluding hydrogens is 260 g/mol. The van der Waals surface area contributed by atoms with Gasteiger partial charge < -0.3 is 5.73 Å². The fourth-order valence-electron chi connectivity index (χ4n) is 2.72. The summed E-state index contributed by atoms with van der Waals surface area (Å²) in [6, 6.07) is 16.4. The fourth-order valence-corrected chi connectivity index (χ4v) is 2.72. The molecule has 3 aromatic rings. The van der Waals surface area contributed by atoms with Crippen LogP contribution in [0.3, 0.4) is 0 Å². The number of nitrogens with two attached hydrogens (primary N) is 1. The summed E-state index contributed by atoms with van der Waals surface area (Å²) in [7, 11) is 4.09. The Kier molecular flexibility index (Phi) is 3.62. The van der Waals surface area contributed by atoms with Crippen LogP contribution < -0.4 is 5.73 Å². The number of aromatic nitrogens is 2. The third kappa shape index (κ3) is 2.90. The first-order chi connectivity index (χ1) is 10.1. The van der Waals surface area contributed by atoms with Gasteiger partial charge in [-0.05, 0) is 30.8 Å². The largest absolute Gasteiger partial charge is 0.399 e.